The van der Waals surface area contributed by atoms with Crippen molar-refractivity contribution in [1.82, 2.24) is 5.32 Å². The summed E-state index contributed by atoms with van der Waals surface area (Å²) in [6.07, 6.45) is 0.979. The molecule has 160 valence electrons. The number of rotatable bonds is 8. The van der Waals surface area contributed by atoms with Gasteiger partial charge in [-0.1, -0.05) is 41.4 Å². The molecule has 8 heteroatoms. The maximum Gasteiger partial charge on any atom is 0.139 e. The standard InChI is InChI=1S/C21H24Cl2FNO3.ClH/c22-18-2-1-3-19(20(18)23)28-13-17(26)12-25-14-21(8-10-27-11-9-21)15-4-6-16(24)7-5-15;/h1-7,17,25-26H,8-14H2;1H. The van der Waals surface area contributed by atoms with Crippen molar-refractivity contribution in [1.29, 1.82) is 0 Å². The van der Waals surface area contributed by atoms with E-state index < -0.39 is 6.10 Å². The highest BCUT2D eigenvalue weighted by Crippen LogP contribution is 2.34. The Labute approximate surface area is 186 Å². The number of aliphatic hydroxyl groups excluding tert-OH is 1. The summed E-state index contributed by atoms with van der Waals surface area (Å²) >= 11 is 12.0. The number of ether oxygens (including phenoxy) is 2. The van der Waals surface area contributed by atoms with Crippen LogP contribution in [0.25, 0.3) is 0 Å². The lowest BCUT2D eigenvalue weighted by Crippen LogP contribution is -2.45. The van der Waals surface area contributed by atoms with E-state index in [1.54, 1.807) is 18.2 Å². The highest BCUT2D eigenvalue weighted by Gasteiger charge is 2.34. The molecule has 2 aromatic rings. The minimum absolute atomic E-state index is 0. The van der Waals surface area contributed by atoms with Crippen LogP contribution in [0, 0.1) is 5.82 Å². The fourth-order valence-corrected chi connectivity index (χ4v) is 3.80. The summed E-state index contributed by atoms with van der Waals surface area (Å²) < 4.78 is 24.4. The Morgan fingerprint density at radius 1 is 1.14 bits per heavy atom. The van der Waals surface area contributed by atoms with E-state index in [4.69, 9.17) is 32.7 Å². The second-order valence-corrected chi connectivity index (χ2v) is 7.83. The van der Waals surface area contributed by atoms with Crippen molar-refractivity contribution in [3.05, 3.63) is 63.9 Å². The SMILES string of the molecule is Cl.OC(CNCC1(c2ccc(F)cc2)CCOCC1)COc1cccc(Cl)c1Cl. The smallest absolute Gasteiger partial charge is 0.139 e. The molecule has 0 radical (unpaired) electrons. The molecule has 4 nitrogen and oxygen atoms in total. The van der Waals surface area contributed by atoms with E-state index in [-0.39, 0.29) is 30.2 Å². The van der Waals surface area contributed by atoms with E-state index in [2.05, 4.69) is 5.32 Å². The van der Waals surface area contributed by atoms with E-state index in [0.29, 0.717) is 42.1 Å². The molecule has 2 N–H and O–H groups in total. The first-order valence-corrected chi connectivity index (χ1v) is 10.1. The van der Waals surface area contributed by atoms with Crippen LogP contribution in [0.1, 0.15) is 18.4 Å². The third kappa shape index (κ3) is 6.45. The zero-order chi connectivity index (χ0) is 20.0. The summed E-state index contributed by atoms with van der Waals surface area (Å²) in [6, 6.07) is 11.8. The molecular weight excluding hydrogens is 440 g/mol. The molecule has 1 unspecified atom stereocenters. The van der Waals surface area contributed by atoms with Crippen molar-refractivity contribution in [3.63, 3.8) is 0 Å². The van der Waals surface area contributed by atoms with Crippen molar-refractivity contribution in [2.45, 2.75) is 24.4 Å². The highest BCUT2D eigenvalue weighted by molar-refractivity contribution is 6.42. The Balaban J connectivity index is 0.00000300. The van der Waals surface area contributed by atoms with Gasteiger partial charge in [0.05, 0.1) is 5.02 Å². The van der Waals surface area contributed by atoms with Crippen LogP contribution < -0.4 is 10.1 Å². The predicted octanol–water partition coefficient (Wildman–Crippen LogP) is 4.63. The number of aliphatic hydroxyl groups is 1. The molecule has 1 fully saturated rings. The van der Waals surface area contributed by atoms with Crippen molar-refractivity contribution in [3.8, 4) is 5.75 Å². The highest BCUT2D eigenvalue weighted by atomic mass is 35.5. The van der Waals surface area contributed by atoms with Crippen LogP contribution in [-0.4, -0.2) is 44.1 Å². The molecular formula is C21H25Cl3FNO3. The molecule has 0 amide bonds. The topological polar surface area (TPSA) is 50.7 Å². The largest absolute Gasteiger partial charge is 0.489 e. The molecule has 0 bridgehead atoms. The number of benzene rings is 2. The van der Waals surface area contributed by atoms with Gasteiger partial charge in [0.25, 0.3) is 0 Å². The Hall–Kier alpha value is -1.08. The van der Waals surface area contributed by atoms with Gasteiger partial charge in [0.15, 0.2) is 0 Å². The summed E-state index contributed by atoms with van der Waals surface area (Å²) in [4.78, 5) is 0. The third-order valence-corrected chi connectivity index (χ3v) is 5.90. The van der Waals surface area contributed by atoms with Gasteiger partial charge in [-0.05, 0) is 42.7 Å². The molecule has 0 aliphatic carbocycles. The molecule has 29 heavy (non-hydrogen) atoms. The van der Waals surface area contributed by atoms with Gasteiger partial charge in [-0.25, -0.2) is 4.39 Å². The Morgan fingerprint density at radius 3 is 2.52 bits per heavy atom. The normalized spacial score (nSPS) is 16.7. The molecule has 0 saturated carbocycles. The molecule has 1 aliphatic rings. The monoisotopic (exact) mass is 463 g/mol. The van der Waals surface area contributed by atoms with Crippen LogP contribution in [0.2, 0.25) is 10.0 Å². The van der Waals surface area contributed by atoms with E-state index in [1.807, 2.05) is 12.1 Å². The summed E-state index contributed by atoms with van der Waals surface area (Å²) in [7, 11) is 0. The molecule has 1 heterocycles. The Kier molecular flexibility index (Phi) is 9.47. The molecule has 1 saturated heterocycles. The van der Waals surface area contributed by atoms with Gasteiger partial charge in [-0.15, -0.1) is 12.4 Å². The van der Waals surface area contributed by atoms with Crippen molar-refractivity contribution in [2.24, 2.45) is 0 Å². The van der Waals surface area contributed by atoms with E-state index in [0.717, 1.165) is 18.4 Å². The minimum atomic E-state index is -0.708. The van der Waals surface area contributed by atoms with E-state index >= 15 is 0 Å². The second-order valence-electron chi connectivity index (χ2n) is 7.05. The fraction of sp³-hybridized carbons (Fsp3) is 0.429. The lowest BCUT2D eigenvalue weighted by atomic mass is 9.74. The quantitative estimate of drug-likeness (QED) is 0.598. The molecule has 0 spiro atoms. The predicted molar refractivity (Wildman–Crippen MR) is 116 cm³/mol. The van der Waals surface area contributed by atoms with Crippen LogP contribution in [0.15, 0.2) is 42.5 Å². The molecule has 2 aromatic carbocycles. The van der Waals surface area contributed by atoms with Gasteiger partial charge in [0.2, 0.25) is 0 Å². The van der Waals surface area contributed by atoms with Crippen LogP contribution in [0.5, 0.6) is 5.75 Å². The van der Waals surface area contributed by atoms with Crippen LogP contribution in [0.4, 0.5) is 4.39 Å². The summed E-state index contributed by atoms with van der Waals surface area (Å²) in [5.74, 6) is 0.201. The van der Waals surface area contributed by atoms with Gasteiger partial charge in [0, 0.05) is 31.7 Å². The number of hydrogen-bond acceptors (Lipinski definition) is 4. The van der Waals surface area contributed by atoms with Gasteiger partial charge >= 0.3 is 0 Å². The lowest BCUT2D eigenvalue weighted by Gasteiger charge is -2.38. The summed E-state index contributed by atoms with van der Waals surface area (Å²) in [6.45, 7) is 2.45. The average molecular weight is 465 g/mol. The summed E-state index contributed by atoms with van der Waals surface area (Å²) in [5.41, 5.74) is 0.948. The maximum absolute atomic E-state index is 13.3. The van der Waals surface area contributed by atoms with Gasteiger partial charge in [-0.2, -0.15) is 0 Å². The summed E-state index contributed by atoms with van der Waals surface area (Å²) in [5, 5.41) is 14.3. The maximum atomic E-state index is 13.3. The van der Waals surface area contributed by atoms with Gasteiger partial charge < -0.3 is 19.9 Å². The minimum Gasteiger partial charge on any atom is -0.489 e. The Bertz CT molecular complexity index is 770. The first-order chi connectivity index (χ1) is 13.5. The zero-order valence-electron chi connectivity index (χ0n) is 15.9. The van der Waals surface area contributed by atoms with Gasteiger partial charge in [0.1, 0.15) is 29.3 Å². The number of nitrogens with one attached hydrogen (secondary N) is 1. The van der Waals surface area contributed by atoms with Crippen molar-refractivity contribution in [2.75, 3.05) is 32.9 Å². The van der Waals surface area contributed by atoms with Crippen molar-refractivity contribution < 1.29 is 19.0 Å². The average Bonchev–Trinajstić information content (AvgIpc) is 2.70. The number of hydrogen-bond donors (Lipinski definition) is 2. The van der Waals surface area contributed by atoms with E-state index in [9.17, 15) is 9.50 Å². The Morgan fingerprint density at radius 2 is 1.83 bits per heavy atom. The third-order valence-electron chi connectivity index (χ3n) is 5.10. The van der Waals surface area contributed by atoms with E-state index in [1.165, 1.54) is 12.1 Å². The van der Waals surface area contributed by atoms with Gasteiger partial charge in [-0.3, -0.25) is 0 Å². The molecule has 3 rings (SSSR count). The van der Waals surface area contributed by atoms with Crippen molar-refractivity contribution >= 4 is 35.6 Å². The molecule has 0 aromatic heterocycles. The molecule has 1 aliphatic heterocycles. The van der Waals surface area contributed by atoms with Crippen LogP contribution >= 0.6 is 35.6 Å². The first kappa shape index (κ1) is 24.2. The second kappa shape index (κ2) is 11.3. The zero-order valence-corrected chi connectivity index (χ0v) is 18.2. The van der Waals surface area contributed by atoms with Crippen LogP contribution in [0.3, 0.4) is 0 Å². The first-order valence-electron chi connectivity index (χ1n) is 9.29. The van der Waals surface area contributed by atoms with Crippen LogP contribution in [-0.2, 0) is 10.2 Å². The lowest BCUT2D eigenvalue weighted by molar-refractivity contribution is 0.0470. The fourth-order valence-electron chi connectivity index (χ4n) is 3.45. The molecule has 1 atom stereocenters. The number of halogens is 4.